The molecule has 1 amide bonds. The number of amides is 1. The summed E-state index contributed by atoms with van der Waals surface area (Å²) in [5, 5.41) is 2.62. The van der Waals surface area contributed by atoms with E-state index in [9.17, 15) is 17.6 Å². The highest BCUT2D eigenvalue weighted by Crippen LogP contribution is 2.25. The molecule has 0 saturated heterocycles. The average Bonchev–Trinajstić information content (AvgIpc) is 3.45. The van der Waals surface area contributed by atoms with E-state index in [-0.39, 0.29) is 4.90 Å². The first-order chi connectivity index (χ1) is 15.4. The second-order valence-electron chi connectivity index (χ2n) is 7.07. The van der Waals surface area contributed by atoms with Gasteiger partial charge in [-0.3, -0.25) is 14.5 Å². The first-order valence-corrected chi connectivity index (χ1v) is 11.4. The Hall–Kier alpha value is -3.72. The number of halogens is 1. The largest absolute Gasteiger partial charge is 0.457 e. The molecule has 32 heavy (non-hydrogen) atoms. The molecule has 7 nitrogen and oxygen atoms in total. The smallest absolute Gasteiger partial charge is 0.262 e. The van der Waals surface area contributed by atoms with Gasteiger partial charge in [0.15, 0.2) is 0 Å². The normalized spacial score (nSPS) is 13.8. The lowest BCUT2D eigenvalue weighted by molar-refractivity contribution is -0.111. The van der Waals surface area contributed by atoms with Crippen molar-refractivity contribution in [1.29, 1.82) is 0 Å². The molecule has 0 spiro atoms. The van der Waals surface area contributed by atoms with Crippen LogP contribution >= 0.6 is 0 Å². The summed E-state index contributed by atoms with van der Waals surface area (Å²) in [6.45, 7) is 0.609. The maximum atomic E-state index is 13.9. The van der Waals surface area contributed by atoms with Crippen LogP contribution in [0.5, 0.6) is 0 Å². The van der Waals surface area contributed by atoms with E-state index in [1.807, 2.05) is 0 Å². The molecule has 1 aliphatic rings. The fraction of sp³-hybridized carbons (Fsp3) is 0.130. The molecule has 0 saturated carbocycles. The highest BCUT2D eigenvalue weighted by atomic mass is 32.2. The Morgan fingerprint density at radius 3 is 2.72 bits per heavy atom. The molecule has 0 unspecified atom stereocenters. The van der Waals surface area contributed by atoms with Gasteiger partial charge in [0, 0.05) is 24.7 Å². The number of nitrogens with zero attached hydrogens (tertiary/aromatic N) is 1. The predicted octanol–water partition coefficient (Wildman–Crippen LogP) is 4.21. The van der Waals surface area contributed by atoms with Gasteiger partial charge in [0.05, 0.1) is 10.5 Å². The van der Waals surface area contributed by atoms with Crippen LogP contribution in [-0.2, 0) is 14.8 Å². The number of furan rings is 1. The summed E-state index contributed by atoms with van der Waals surface area (Å²) in [4.78, 5) is 16.4. The van der Waals surface area contributed by atoms with Crippen molar-refractivity contribution in [3.8, 4) is 11.3 Å². The summed E-state index contributed by atoms with van der Waals surface area (Å²) in [6.07, 6.45) is 4.10. The standard InChI is InChI=1S/C23H20FN3O4S/c24-20-8-2-1-7-19(20)21-12-10-17(31-21)11-13-23(28)26-16-5-3-6-18(15-16)32(29,30)27-22-9-4-14-25-22/h1-3,5-8,10-13,15H,4,9,14H2,(H,25,27)(H,26,28)/b13-11+. The van der Waals surface area contributed by atoms with Gasteiger partial charge in [-0.25, -0.2) is 12.8 Å². The number of hydrogen-bond donors (Lipinski definition) is 2. The Kier molecular flexibility index (Phi) is 6.18. The summed E-state index contributed by atoms with van der Waals surface area (Å²) in [5.41, 5.74) is 0.647. The number of amidine groups is 1. The highest BCUT2D eigenvalue weighted by Gasteiger charge is 2.18. The van der Waals surface area contributed by atoms with Crippen LogP contribution in [0.4, 0.5) is 10.1 Å². The lowest BCUT2D eigenvalue weighted by Gasteiger charge is -2.09. The van der Waals surface area contributed by atoms with Crippen LogP contribution < -0.4 is 10.0 Å². The maximum absolute atomic E-state index is 13.9. The highest BCUT2D eigenvalue weighted by molar-refractivity contribution is 7.90. The van der Waals surface area contributed by atoms with Gasteiger partial charge in [-0.05, 0) is 55.0 Å². The van der Waals surface area contributed by atoms with E-state index in [1.165, 1.54) is 36.4 Å². The van der Waals surface area contributed by atoms with Crippen molar-refractivity contribution in [3.05, 3.63) is 78.3 Å². The zero-order valence-electron chi connectivity index (χ0n) is 16.9. The van der Waals surface area contributed by atoms with Crippen molar-refractivity contribution in [2.75, 3.05) is 11.9 Å². The van der Waals surface area contributed by atoms with E-state index in [0.717, 1.165) is 6.42 Å². The number of aliphatic imine (C=N–C) groups is 1. The quantitative estimate of drug-likeness (QED) is 0.546. The Morgan fingerprint density at radius 1 is 1.09 bits per heavy atom. The molecule has 1 aliphatic heterocycles. The van der Waals surface area contributed by atoms with Crippen LogP contribution in [0.25, 0.3) is 17.4 Å². The molecule has 4 rings (SSSR count). The van der Waals surface area contributed by atoms with Gasteiger partial charge < -0.3 is 9.73 Å². The van der Waals surface area contributed by atoms with Crippen molar-refractivity contribution in [3.63, 3.8) is 0 Å². The lowest BCUT2D eigenvalue weighted by Crippen LogP contribution is -2.29. The molecule has 0 radical (unpaired) electrons. The summed E-state index contributed by atoms with van der Waals surface area (Å²) in [7, 11) is -3.78. The Balaban J connectivity index is 1.42. The minimum absolute atomic E-state index is 0.0226. The second kappa shape index (κ2) is 9.19. The average molecular weight is 453 g/mol. The molecule has 0 aliphatic carbocycles. The first-order valence-electron chi connectivity index (χ1n) is 9.91. The molecule has 0 atom stereocenters. The van der Waals surface area contributed by atoms with Gasteiger partial charge in [-0.2, -0.15) is 0 Å². The molecule has 2 heterocycles. The SMILES string of the molecule is O=C(/C=C/c1ccc(-c2ccccc2F)o1)Nc1cccc(S(=O)(=O)NC2=NCCC2)c1. The molecule has 1 aromatic heterocycles. The molecule has 0 fully saturated rings. The topological polar surface area (TPSA) is 101 Å². The zero-order chi connectivity index (χ0) is 22.6. The van der Waals surface area contributed by atoms with Crippen LogP contribution in [0.3, 0.4) is 0 Å². The van der Waals surface area contributed by atoms with Gasteiger partial charge in [0.1, 0.15) is 23.2 Å². The number of rotatable bonds is 6. The van der Waals surface area contributed by atoms with Gasteiger partial charge in [0.2, 0.25) is 5.91 Å². The van der Waals surface area contributed by atoms with Crippen LogP contribution in [0.2, 0.25) is 0 Å². The van der Waals surface area contributed by atoms with Crippen LogP contribution in [0.1, 0.15) is 18.6 Å². The molecule has 0 bridgehead atoms. The van der Waals surface area contributed by atoms with E-state index in [4.69, 9.17) is 4.42 Å². The number of sulfonamides is 1. The summed E-state index contributed by atoms with van der Waals surface area (Å²) < 4.78 is 47.0. The monoisotopic (exact) mass is 453 g/mol. The van der Waals surface area contributed by atoms with Gasteiger partial charge in [-0.15, -0.1) is 0 Å². The molecule has 3 aromatic rings. The van der Waals surface area contributed by atoms with Crippen molar-refractivity contribution in [1.82, 2.24) is 4.72 Å². The van der Waals surface area contributed by atoms with Gasteiger partial charge >= 0.3 is 0 Å². The van der Waals surface area contributed by atoms with Crippen molar-refractivity contribution in [2.45, 2.75) is 17.7 Å². The van der Waals surface area contributed by atoms with Gasteiger partial charge in [0.25, 0.3) is 10.0 Å². The minimum Gasteiger partial charge on any atom is -0.457 e. The third kappa shape index (κ3) is 5.12. The number of carbonyl (C=O) groups is 1. The summed E-state index contributed by atoms with van der Waals surface area (Å²) in [6, 6.07) is 15.4. The molecular formula is C23H20FN3O4S. The van der Waals surface area contributed by atoms with Crippen molar-refractivity contribution < 1.29 is 22.0 Å². The van der Waals surface area contributed by atoms with Gasteiger partial charge in [-0.1, -0.05) is 18.2 Å². The fourth-order valence-electron chi connectivity index (χ4n) is 3.17. The van der Waals surface area contributed by atoms with E-state index in [2.05, 4.69) is 15.0 Å². The number of hydrogen-bond acceptors (Lipinski definition) is 5. The molecule has 2 aromatic carbocycles. The summed E-state index contributed by atoms with van der Waals surface area (Å²) >= 11 is 0. The van der Waals surface area contributed by atoms with Crippen LogP contribution in [0, 0.1) is 5.82 Å². The molecule has 2 N–H and O–H groups in total. The Bertz CT molecular complexity index is 1310. The third-order valence-corrected chi connectivity index (χ3v) is 6.08. The first kappa shape index (κ1) is 21.5. The zero-order valence-corrected chi connectivity index (χ0v) is 17.7. The number of benzene rings is 2. The van der Waals surface area contributed by atoms with E-state index < -0.39 is 21.7 Å². The lowest BCUT2D eigenvalue weighted by atomic mass is 10.1. The third-order valence-electron chi connectivity index (χ3n) is 4.70. The maximum Gasteiger partial charge on any atom is 0.262 e. The minimum atomic E-state index is -3.78. The summed E-state index contributed by atoms with van der Waals surface area (Å²) in [5.74, 6) is 0.281. The van der Waals surface area contributed by atoms with Crippen molar-refractivity contribution in [2.24, 2.45) is 4.99 Å². The predicted molar refractivity (Wildman–Crippen MR) is 120 cm³/mol. The van der Waals surface area contributed by atoms with Crippen LogP contribution in [-0.4, -0.2) is 26.7 Å². The van der Waals surface area contributed by atoms with E-state index >= 15 is 0 Å². The van der Waals surface area contributed by atoms with Crippen molar-refractivity contribution >= 4 is 33.5 Å². The Labute approximate surface area is 184 Å². The molecule has 164 valence electrons. The molecular weight excluding hydrogens is 433 g/mol. The number of carbonyl (C=O) groups excluding carboxylic acids is 1. The number of anilines is 1. The van der Waals surface area contributed by atoms with E-state index in [0.29, 0.717) is 41.6 Å². The van der Waals surface area contributed by atoms with Crippen LogP contribution in [0.15, 0.2) is 81.0 Å². The van der Waals surface area contributed by atoms with E-state index in [1.54, 1.807) is 36.4 Å². The fourth-order valence-corrected chi connectivity index (χ4v) is 4.30. The Morgan fingerprint density at radius 2 is 1.94 bits per heavy atom. The second-order valence-corrected chi connectivity index (χ2v) is 8.75. The molecule has 9 heteroatoms. The number of nitrogens with one attached hydrogen (secondary N) is 2.